The van der Waals surface area contributed by atoms with Gasteiger partial charge in [0.1, 0.15) is 16.5 Å². The van der Waals surface area contributed by atoms with E-state index < -0.39 is 4.92 Å². The lowest BCUT2D eigenvalue weighted by molar-refractivity contribution is -0.386. The van der Waals surface area contributed by atoms with Crippen LogP contribution < -0.4 is 10.1 Å². The Bertz CT molecular complexity index is 872. The van der Waals surface area contributed by atoms with Crippen LogP contribution in [0, 0.1) is 17.0 Å². The number of aromatic nitrogens is 4. The van der Waals surface area contributed by atoms with Gasteiger partial charge in [0, 0.05) is 25.7 Å². The lowest BCUT2D eigenvalue weighted by atomic mass is 10.1. The summed E-state index contributed by atoms with van der Waals surface area (Å²) in [6.07, 6.45) is 3.49. The van der Waals surface area contributed by atoms with E-state index in [1.54, 1.807) is 11.6 Å². The van der Waals surface area contributed by atoms with Gasteiger partial charge in [-0.15, -0.1) is 5.10 Å². The molecule has 2 aromatic heterocycles. The standard InChI is InChI=1S/C17H22Cl2N6O4/c1-10(21-15-13(18)9-20-17(19)22-15)3-8-29-16-14(25(26)27)11(2)24(23-16)12-4-6-28-7-5-12/h9-10,12H,3-8H2,1-2H3,(H,20,21,22)/t10-/m1/s1. The molecule has 1 atom stereocenters. The van der Waals surface area contributed by atoms with Gasteiger partial charge in [0.2, 0.25) is 5.28 Å². The van der Waals surface area contributed by atoms with Crippen molar-refractivity contribution in [2.75, 3.05) is 25.1 Å². The fourth-order valence-corrected chi connectivity index (χ4v) is 3.44. The molecule has 3 rings (SSSR count). The number of rotatable bonds is 8. The van der Waals surface area contributed by atoms with Gasteiger partial charge in [0.25, 0.3) is 0 Å². The molecule has 1 fully saturated rings. The largest absolute Gasteiger partial charge is 0.472 e. The van der Waals surface area contributed by atoms with Crippen LogP contribution >= 0.6 is 23.2 Å². The molecule has 0 radical (unpaired) electrons. The third-order valence-corrected chi connectivity index (χ3v) is 5.15. The molecule has 10 nitrogen and oxygen atoms in total. The zero-order valence-electron chi connectivity index (χ0n) is 16.1. The van der Waals surface area contributed by atoms with Crippen molar-refractivity contribution in [2.24, 2.45) is 0 Å². The molecule has 29 heavy (non-hydrogen) atoms. The first-order valence-corrected chi connectivity index (χ1v) is 10.0. The van der Waals surface area contributed by atoms with E-state index in [1.165, 1.54) is 6.20 Å². The second-order valence-electron chi connectivity index (χ2n) is 6.80. The SMILES string of the molecule is Cc1c([N+](=O)[O-])c(OCC[C@@H](C)Nc2nc(Cl)ncc2Cl)nn1C1CCOCC1. The minimum absolute atomic E-state index is 0.0364. The van der Waals surface area contributed by atoms with Crippen molar-refractivity contribution < 1.29 is 14.4 Å². The molecular formula is C17H22Cl2N6O4. The van der Waals surface area contributed by atoms with E-state index >= 15 is 0 Å². The van der Waals surface area contributed by atoms with Crippen LogP contribution in [0.2, 0.25) is 10.3 Å². The topological polar surface area (TPSA) is 117 Å². The highest BCUT2D eigenvalue weighted by Gasteiger charge is 2.30. The number of hydrogen-bond donors (Lipinski definition) is 1. The van der Waals surface area contributed by atoms with Gasteiger partial charge in [-0.1, -0.05) is 11.6 Å². The van der Waals surface area contributed by atoms with E-state index in [0.717, 1.165) is 12.8 Å². The third-order valence-electron chi connectivity index (χ3n) is 4.69. The highest BCUT2D eigenvalue weighted by Crippen LogP contribution is 2.34. The molecule has 2 aromatic rings. The summed E-state index contributed by atoms with van der Waals surface area (Å²) in [5.41, 5.74) is 0.396. The zero-order valence-corrected chi connectivity index (χ0v) is 17.6. The fourth-order valence-electron chi connectivity index (χ4n) is 3.16. The fraction of sp³-hybridized carbons (Fsp3) is 0.588. The van der Waals surface area contributed by atoms with Crippen LogP contribution in [0.4, 0.5) is 11.5 Å². The highest BCUT2D eigenvalue weighted by atomic mass is 35.5. The number of anilines is 1. The minimum Gasteiger partial charge on any atom is -0.472 e. The second-order valence-corrected chi connectivity index (χ2v) is 7.55. The van der Waals surface area contributed by atoms with Crippen molar-refractivity contribution in [1.29, 1.82) is 0 Å². The first-order valence-electron chi connectivity index (χ1n) is 9.25. The number of nitrogens with one attached hydrogen (secondary N) is 1. The Labute approximate surface area is 177 Å². The molecule has 0 aliphatic carbocycles. The van der Waals surface area contributed by atoms with Gasteiger partial charge in [0.05, 0.1) is 23.8 Å². The lowest BCUT2D eigenvalue weighted by Gasteiger charge is -2.22. The summed E-state index contributed by atoms with van der Waals surface area (Å²) >= 11 is 11.8. The van der Waals surface area contributed by atoms with E-state index in [9.17, 15) is 10.1 Å². The van der Waals surface area contributed by atoms with Crippen molar-refractivity contribution >= 4 is 34.7 Å². The maximum absolute atomic E-state index is 11.5. The summed E-state index contributed by atoms with van der Waals surface area (Å²) in [6, 6.07) is 0.00115. The van der Waals surface area contributed by atoms with Crippen molar-refractivity contribution in [3.05, 3.63) is 32.3 Å². The Morgan fingerprint density at radius 1 is 1.45 bits per heavy atom. The molecule has 0 bridgehead atoms. The van der Waals surface area contributed by atoms with Gasteiger partial charge in [-0.05, 0) is 38.3 Å². The van der Waals surface area contributed by atoms with Gasteiger partial charge >= 0.3 is 11.6 Å². The Balaban J connectivity index is 1.63. The third kappa shape index (κ3) is 5.26. The quantitative estimate of drug-likeness (QED) is 0.370. The molecule has 0 aromatic carbocycles. The summed E-state index contributed by atoms with van der Waals surface area (Å²) in [5, 5.41) is 19.5. The Morgan fingerprint density at radius 2 is 2.17 bits per heavy atom. The smallest absolute Gasteiger partial charge is 0.352 e. The van der Waals surface area contributed by atoms with Gasteiger partial charge < -0.3 is 14.8 Å². The predicted molar refractivity (Wildman–Crippen MR) is 108 cm³/mol. The van der Waals surface area contributed by atoms with Crippen molar-refractivity contribution in [3.8, 4) is 5.88 Å². The van der Waals surface area contributed by atoms with E-state index in [4.69, 9.17) is 32.7 Å². The summed E-state index contributed by atoms with van der Waals surface area (Å²) in [5.74, 6) is 0.457. The zero-order chi connectivity index (χ0) is 21.0. The monoisotopic (exact) mass is 444 g/mol. The van der Waals surface area contributed by atoms with Crippen LogP contribution in [0.3, 0.4) is 0 Å². The van der Waals surface area contributed by atoms with Crippen molar-refractivity contribution in [3.63, 3.8) is 0 Å². The van der Waals surface area contributed by atoms with Gasteiger partial charge in [0.15, 0.2) is 0 Å². The maximum atomic E-state index is 11.5. The molecule has 3 heterocycles. The summed E-state index contributed by atoms with van der Waals surface area (Å²) in [7, 11) is 0. The molecule has 12 heteroatoms. The van der Waals surface area contributed by atoms with Crippen molar-refractivity contribution in [2.45, 2.75) is 45.2 Å². The predicted octanol–water partition coefficient (Wildman–Crippen LogP) is 3.82. The molecular weight excluding hydrogens is 423 g/mol. The number of nitrogens with zero attached hydrogens (tertiary/aromatic N) is 5. The molecule has 0 amide bonds. The number of ether oxygens (including phenoxy) is 2. The molecule has 158 valence electrons. The van der Waals surface area contributed by atoms with Gasteiger partial charge in [-0.2, -0.15) is 4.98 Å². The molecule has 0 saturated carbocycles. The second kappa shape index (κ2) is 9.55. The van der Waals surface area contributed by atoms with E-state index in [0.29, 0.717) is 36.2 Å². The van der Waals surface area contributed by atoms with Crippen LogP contribution in [0.15, 0.2) is 6.20 Å². The number of nitro groups is 1. The van der Waals surface area contributed by atoms with E-state index in [-0.39, 0.29) is 35.5 Å². The summed E-state index contributed by atoms with van der Waals surface area (Å²) in [6.45, 7) is 5.07. The van der Waals surface area contributed by atoms with Crippen LogP contribution in [-0.4, -0.2) is 50.5 Å². The van der Waals surface area contributed by atoms with Crippen LogP contribution in [0.25, 0.3) is 0 Å². The van der Waals surface area contributed by atoms with Crippen LogP contribution in [0.5, 0.6) is 5.88 Å². The first kappa shape index (κ1) is 21.5. The Hall–Kier alpha value is -2.17. The Morgan fingerprint density at radius 3 is 2.86 bits per heavy atom. The molecule has 1 aliphatic rings. The maximum Gasteiger partial charge on any atom is 0.352 e. The van der Waals surface area contributed by atoms with Gasteiger partial charge in [-0.25, -0.2) is 4.98 Å². The average Bonchev–Trinajstić information content (AvgIpc) is 3.02. The summed E-state index contributed by atoms with van der Waals surface area (Å²) in [4.78, 5) is 18.9. The minimum atomic E-state index is -0.447. The average molecular weight is 445 g/mol. The normalized spacial score (nSPS) is 15.9. The van der Waals surface area contributed by atoms with E-state index in [2.05, 4.69) is 20.4 Å². The highest BCUT2D eigenvalue weighted by molar-refractivity contribution is 6.33. The van der Waals surface area contributed by atoms with Crippen LogP contribution in [0.1, 0.15) is 37.9 Å². The first-order chi connectivity index (χ1) is 13.9. The van der Waals surface area contributed by atoms with Gasteiger partial charge in [-0.3, -0.25) is 14.8 Å². The number of halogens is 2. The van der Waals surface area contributed by atoms with Crippen molar-refractivity contribution in [1.82, 2.24) is 19.7 Å². The molecule has 1 aliphatic heterocycles. The molecule has 0 unspecified atom stereocenters. The number of hydrogen-bond acceptors (Lipinski definition) is 8. The van der Waals surface area contributed by atoms with Crippen LogP contribution in [-0.2, 0) is 4.74 Å². The lowest BCUT2D eigenvalue weighted by Crippen LogP contribution is -2.21. The summed E-state index contributed by atoms with van der Waals surface area (Å²) < 4.78 is 12.7. The van der Waals surface area contributed by atoms with E-state index in [1.807, 2.05) is 6.92 Å². The molecule has 1 N–H and O–H groups in total. The molecule has 0 spiro atoms. The molecule has 1 saturated heterocycles. The Kier molecular flexibility index (Phi) is 7.09.